The Morgan fingerprint density at radius 3 is 3.00 bits per heavy atom. The minimum Gasteiger partial charge on any atom is -0.317 e. The molecule has 19 heavy (non-hydrogen) atoms. The van der Waals surface area contributed by atoms with Gasteiger partial charge in [-0.05, 0) is 44.3 Å². The van der Waals surface area contributed by atoms with E-state index >= 15 is 0 Å². The van der Waals surface area contributed by atoms with E-state index in [2.05, 4.69) is 28.1 Å². The summed E-state index contributed by atoms with van der Waals surface area (Å²) in [6, 6.07) is 0. The van der Waals surface area contributed by atoms with Crippen molar-refractivity contribution in [2.24, 2.45) is 5.41 Å². The highest BCUT2D eigenvalue weighted by Crippen LogP contribution is 2.38. The van der Waals surface area contributed by atoms with Gasteiger partial charge in [0, 0.05) is 24.8 Å². The third-order valence-electron chi connectivity index (χ3n) is 4.59. The Morgan fingerprint density at radius 2 is 2.21 bits per heavy atom. The van der Waals surface area contributed by atoms with Crippen molar-refractivity contribution in [1.29, 1.82) is 0 Å². The molecule has 4 nitrogen and oxygen atoms in total. The molecule has 0 aromatic carbocycles. The van der Waals surface area contributed by atoms with Gasteiger partial charge in [0.2, 0.25) is 0 Å². The zero-order valence-corrected chi connectivity index (χ0v) is 11.6. The van der Waals surface area contributed by atoms with Gasteiger partial charge in [-0.2, -0.15) is 5.10 Å². The van der Waals surface area contributed by atoms with Crippen LogP contribution in [-0.4, -0.2) is 40.9 Å². The average Bonchev–Trinajstić information content (AvgIpc) is 3.00. The summed E-state index contributed by atoms with van der Waals surface area (Å²) < 4.78 is 1.96. The quantitative estimate of drug-likeness (QED) is 0.836. The van der Waals surface area contributed by atoms with E-state index in [9.17, 15) is 0 Å². The number of rotatable bonds is 4. The highest BCUT2D eigenvalue weighted by molar-refractivity contribution is 5.05. The zero-order chi connectivity index (χ0) is 13.1. The predicted molar refractivity (Wildman–Crippen MR) is 76.9 cm³/mol. The number of nitrogens with zero attached hydrogens (tertiary/aromatic N) is 3. The number of piperidine rings is 1. The van der Waals surface area contributed by atoms with Crippen LogP contribution in [0.25, 0.3) is 0 Å². The molecule has 0 saturated carbocycles. The van der Waals surface area contributed by atoms with Crippen molar-refractivity contribution in [2.45, 2.75) is 32.4 Å². The Morgan fingerprint density at radius 1 is 1.37 bits per heavy atom. The molecule has 0 atom stereocenters. The third kappa shape index (κ3) is 2.90. The van der Waals surface area contributed by atoms with Crippen molar-refractivity contribution < 1.29 is 0 Å². The minimum atomic E-state index is 0.600. The highest BCUT2D eigenvalue weighted by Gasteiger charge is 2.38. The van der Waals surface area contributed by atoms with Crippen LogP contribution in [-0.2, 0) is 13.1 Å². The number of aromatic nitrogens is 2. The Labute approximate surface area is 115 Å². The molecule has 0 unspecified atom stereocenters. The average molecular weight is 260 g/mol. The lowest BCUT2D eigenvalue weighted by Gasteiger charge is -2.33. The van der Waals surface area contributed by atoms with Crippen LogP contribution in [0.3, 0.4) is 0 Å². The molecule has 104 valence electrons. The van der Waals surface area contributed by atoms with Crippen LogP contribution in [0.5, 0.6) is 0 Å². The van der Waals surface area contributed by atoms with Crippen LogP contribution < -0.4 is 5.32 Å². The number of allylic oxidation sites excluding steroid dienone is 1. The molecule has 1 N–H and O–H groups in total. The van der Waals surface area contributed by atoms with E-state index in [0.717, 1.165) is 13.1 Å². The molecule has 2 aliphatic rings. The summed E-state index contributed by atoms with van der Waals surface area (Å²) in [4.78, 5) is 2.60. The molecule has 1 aromatic heterocycles. The van der Waals surface area contributed by atoms with Crippen LogP contribution in [0.2, 0.25) is 0 Å². The molecular formula is C15H24N4. The molecular weight excluding hydrogens is 236 g/mol. The summed E-state index contributed by atoms with van der Waals surface area (Å²) in [6.07, 6.45) is 10.1. The lowest BCUT2D eigenvalue weighted by Crippen LogP contribution is -2.38. The molecule has 4 heteroatoms. The summed E-state index contributed by atoms with van der Waals surface area (Å²) in [5.74, 6) is 0. The van der Waals surface area contributed by atoms with Gasteiger partial charge in [-0.1, -0.05) is 6.08 Å². The molecule has 2 aliphatic heterocycles. The molecule has 2 fully saturated rings. The van der Waals surface area contributed by atoms with E-state index in [1.165, 1.54) is 51.0 Å². The normalized spacial score (nSPS) is 22.9. The van der Waals surface area contributed by atoms with Gasteiger partial charge in [0.25, 0.3) is 0 Å². The van der Waals surface area contributed by atoms with Gasteiger partial charge < -0.3 is 5.32 Å². The summed E-state index contributed by atoms with van der Waals surface area (Å²) in [6.45, 7) is 10.5. The Hall–Kier alpha value is -1.13. The number of hydrogen-bond acceptors (Lipinski definition) is 3. The molecule has 3 rings (SSSR count). The Balaban J connectivity index is 1.57. The van der Waals surface area contributed by atoms with E-state index in [0.29, 0.717) is 5.41 Å². The topological polar surface area (TPSA) is 33.1 Å². The SMILES string of the molecule is C=CCn1cc(CN2CCC3(CCNCC3)C2)cn1. The second-order valence-electron chi connectivity index (χ2n) is 6.07. The van der Waals surface area contributed by atoms with Gasteiger partial charge >= 0.3 is 0 Å². The first-order chi connectivity index (χ1) is 9.30. The van der Waals surface area contributed by atoms with Gasteiger partial charge in [0.05, 0.1) is 12.7 Å². The molecule has 1 spiro atoms. The van der Waals surface area contributed by atoms with Gasteiger partial charge in [-0.3, -0.25) is 9.58 Å². The second-order valence-corrected chi connectivity index (χ2v) is 6.07. The van der Waals surface area contributed by atoms with Crippen LogP contribution in [0.15, 0.2) is 25.0 Å². The first-order valence-electron chi connectivity index (χ1n) is 7.35. The maximum absolute atomic E-state index is 4.36. The molecule has 3 heterocycles. The van der Waals surface area contributed by atoms with E-state index in [4.69, 9.17) is 0 Å². The van der Waals surface area contributed by atoms with Crippen LogP contribution in [0.1, 0.15) is 24.8 Å². The Kier molecular flexibility index (Phi) is 3.71. The largest absolute Gasteiger partial charge is 0.317 e. The highest BCUT2D eigenvalue weighted by atomic mass is 15.3. The summed E-state index contributed by atoms with van der Waals surface area (Å²) in [5, 5.41) is 7.84. The first-order valence-corrected chi connectivity index (χ1v) is 7.35. The fourth-order valence-electron chi connectivity index (χ4n) is 3.51. The smallest absolute Gasteiger partial charge is 0.0587 e. The van der Waals surface area contributed by atoms with Crippen molar-refractivity contribution in [3.63, 3.8) is 0 Å². The monoisotopic (exact) mass is 260 g/mol. The standard InChI is InChI=1S/C15H24N4/c1-2-8-19-12-14(10-17-19)11-18-9-5-15(13-18)3-6-16-7-4-15/h2,10,12,16H,1,3-9,11,13H2. The van der Waals surface area contributed by atoms with Gasteiger partial charge in [0.1, 0.15) is 0 Å². The van der Waals surface area contributed by atoms with E-state index < -0.39 is 0 Å². The number of hydrogen-bond donors (Lipinski definition) is 1. The molecule has 2 saturated heterocycles. The van der Waals surface area contributed by atoms with Crippen molar-refractivity contribution in [1.82, 2.24) is 20.0 Å². The first kappa shape index (κ1) is 12.9. The van der Waals surface area contributed by atoms with Crippen molar-refractivity contribution in [2.75, 3.05) is 26.2 Å². The van der Waals surface area contributed by atoms with Crippen molar-refractivity contribution >= 4 is 0 Å². The van der Waals surface area contributed by atoms with Crippen molar-refractivity contribution in [3.05, 3.63) is 30.6 Å². The number of nitrogens with one attached hydrogen (secondary N) is 1. The fourth-order valence-corrected chi connectivity index (χ4v) is 3.51. The van der Waals surface area contributed by atoms with Gasteiger partial charge in [-0.25, -0.2) is 0 Å². The Bertz CT molecular complexity index is 431. The minimum absolute atomic E-state index is 0.600. The van der Waals surface area contributed by atoms with Crippen LogP contribution in [0.4, 0.5) is 0 Å². The predicted octanol–water partition coefficient (Wildman–Crippen LogP) is 1.64. The van der Waals surface area contributed by atoms with Crippen LogP contribution >= 0.6 is 0 Å². The van der Waals surface area contributed by atoms with E-state index in [-0.39, 0.29) is 0 Å². The van der Waals surface area contributed by atoms with E-state index in [1.807, 2.05) is 17.0 Å². The van der Waals surface area contributed by atoms with Crippen molar-refractivity contribution in [3.8, 4) is 0 Å². The van der Waals surface area contributed by atoms with Gasteiger partial charge in [-0.15, -0.1) is 6.58 Å². The lowest BCUT2D eigenvalue weighted by atomic mass is 9.78. The van der Waals surface area contributed by atoms with Gasteiger partial charge in [0.15, 0.2) is 0 Å². The summed E-state index contributed by atoms with van der Waals surface area (Å²) in [5.41, 5.74) is 1.93. The molecule has 1 aromatic rings. The maximum atomic E-state index is 4.36. The molecule has 0 bridgehead atoms. The number of likely N-dealkylation sites (tertiary alicyclic amines) is 1. The van der Waals surface area contributed by atoms with E-state index in [1.54, 1.807) is 0 Å². The summed E-state index contributed by atoms with van der Waals surface area (Å²) >= 11 is 0. The molecule has 0 radical (unpaired) electrons. The lowest BCUT2D eigenvalue weighted by molar-refractivity contribution is 0.194. The third-order valence-corrected chi connectivity index (χ3v) is 4.59. The van der Waals surface area contributed by atoms with Crippen LogP contribution in [0, 0.1) is 5.41 Å². The molecule has 0 aliphatic carbocycles. The zero-order valence-electron chi connectivity index (χ0n) is 11.6. The summed E-state index contributed by atoms with van der Waals surface area (Å²) in [7, 11) is 0. The maximum Gasteiger partial charge on any atom is 0.0587 e. The molecule has 0 amide bonds. The second kappa shape index (κ2) is 5.47. The fraction of sp³-hybridized carbons (Fsp3) is 0.667.